The first kappa shape index (κ1) is 18.1. The first-order valence-corrected chi connectivity index (χ1v) is 9.56. The first-order chi connectivity index (χ1) is 12.9. The molecule has 0 aromatic carbocycles. The normalized spacial score (nSPS) is 16.1. The Balaban J connectivity index is 2.02. The van der Waals surface area contributed by atoms with E-state index in [9.17, 15) is 13.6 Å². The van der Waals surface area contributed by atoms with Crippen LogP contribution in [0, 0.1) is 5.82 Å². The zero-order chi connectivity index (χ0) is 19.3. The van der Waals surface area contributed by atoms with Crippen LogP contribution in [0.4, 0.5) is 8.78 Å². The first-order valence-electron chi connectivity index (χ1n) is 8.34. The number of thioether (sulfide) groups is 1. The molecule has 1 fully saturated rings. The molecule has 0 atom stereocenters. The van der Waals surface area contributed by atoms with Gasteiger partial charge < -0.3 is 4.74 Å². The second-order valence-corrected chi connectivity index (χ2v) is 7.38. The highest BCUT2D eigenvalue weighted by molar-refractivity contribution is 7.98. The standard InChI is InChI=1S/C17H17F2N5O2S/c1-9(2)23-15(25)10-6-20-16(27-3)22-14(10)24(23)12-5-4-11(18)13(21-12)17(19)7-26-8-17/h4-6,9H,7-8H2,1-3H3. The predicted octanol–water partition coefficient (Wildman–Crippen LogP) is 2.61. The summed E-state index contributed by atoms with van der Waals surface area (Å²) in [5.41, 5.74) is -2.24. The average Bonchev–Trinajstić information content (AvgIpc) is 2.92. The van der Waals surface area contributed by atoms with Gasteiger partial charge >= 0.3 is 0 Å². The summed E-state index contributed by atoms with van der Waals surface area (Å²) in [7, 11) is 0. The molecule has 1 saturated heterocycles. The van der Waals surface area contributed by atoms with E-state index in [0.29, 0.717) is 16.2 Å². The van der Waals surface area contributed by atoms with Gasteiger partial charge in [0.2, 0.25) is 5.67 Å². The number of hydrogen-bond donors (Lipinski definition) is 0. The highest BCUT2D eigenvalue weighted by Gasteiger charge is 2.44. The Labute approximate surface area is 157 Å². The van der Waals surface area contributed by atoms with Gasteiger partial charge in [-0.1, -0.05) is 11.8 Å². The van der Waals surface area contributed by atoms with Crippen molar-refractivity contribution < 1.29 is 13.5 Å². The Morgan fingerprint density at radius 3 is 2.63 bits per heavy atom. The van der Waals surface area contributed by atoms with E-state index in [4.69, 9.17) is 4.74 Å². The van der Waals surface area contributed by atoms with E-state index < -0.39 is 11.5 Å². The number of aromatic nitrogens is 5. The zero-order valence-corrected chi connectivity index (χ0v) is 15.8. The number of fused-ring (bicyclic) bond motifs is 1. The quantitative estimate of drug-likeness (QED) is 0.501. The lowest BCUT2D eigenvalue weighted by Crippen LogP contribution is -2.44. The van der Waals surface area contributed by atoms with Crippen LogP contribution in [-0.4, -0.2) is 43.8 Å². The predicted molar refractivity (Wildman–Crippen MR) is 96.6 cm³/mol. The van der Waals surface area contributed by atoms with Gasteiger partial charge in [0.1, 0.15) is 16.9 Å². The van der Waals surface area contributed by atoms with Crippen LogP contribution in [0.1, 0.15) is 25.6 Å². The molecule has 0 N–H and O–H groups in total. The van der Waals surface area contributed by atoms with E-state index in [1.165, 1.54) is 33.4 Å². The Morgan fingerprint density at radius 1 is 1.30 bits per heavy atom. The summed E-state index contributed by atoms with van der Waals surface area (Å²) in [6.07, 6.45) is 3.29. The third-order valence-electron chi connectivity index (χ3n) is 4.41. The number of alkyl halides is 1. The van der Waals surface area contributed by atoms with Crippen molar-refractivity contribution in [3.63, 3.8) is 0 Å². The molecule has 142 valence electrons. The molecule has 0 saturated carbocycles. The fourth-order valence-electron chi connectivity index (χ4n) is 3.05. The Morgan fingerprint density at radius 2 is 2.04 bits per heavy atom. The molecule has 27 heavy (non-hydrogen) atoms. The number of pyridine rings is 1. The molecule has 10 heteroatoms. The second-order valence-electron chi connectivity index (χ2n) is 6.61. The molecule has 7 nitrogen and oxygen atoms in total. The lowest BCUT2D eigenvalue weighted by molar-refractivity contribution is -0.139. The highest BCUT2D eigenvalue weighted by atomic mass is 32.2. The Kier molecular flexibility index (Phi) is 4.26. The summed E-state index contributed by atoms with van der Waals surface area (Å²) in [5, 5.41) is 0.796. The van der Waals surface area contributed by atoms with E-state index >= 15 is 0 Å². The molecule has 0 aliphatic carbocycles. The maximum atomic E-state index is 14.8. The summed E-state index contributed by atoms with van der Waals surface area (Å²) in [4.78, 5) is 25.6. The third kappa shape index (κ3) is 2.74. The molecular formula is C17H17F2N5O2S. The van der Waals surface area contributed by atoms with Crippen LogP contribution in [0.3, 0.4) is 0 Å². The number of rotatable bonds is 4. The van der Waals surface area contributed by atoms with Crippen LogP contribution in [0.2, 0.25) is 0 Å². The van der Waals surface area contributed by atoms with E-state index in [1.54, 1.807) is 0 Å². The maximum Gasteiger partial charge on any atom is 0.278 e. The number of halogens is 2. The minimum absolute atomic E-state index is 0.210. The second kappa shape index (κ2) is 6.38. The van der Waals surface area contributed by atoms with Crippen molar-refractivity contribution >= 4 is 22.8 Å². The fourth-order valence-corrected chi connectivity index (χ4v) is 3.39. The minimum atomic E-state index is -1.97. The Bertz CT molecular complexity index is 1090. The smallest absolute Gasteiger partial charge is 0.278 e. The molecule has 1 aliphatic rings. The van der Waals surface area contributed by atoms with E-state index in [2.05, 4.69) is 15.0 Å². The number of hydrogen-bond acceptors (Lipinski definition) is 6. The lowest BCUT2D eigenvalue weighted by Gasteiger charge is -2.33. The van der Waals surface area contributed by atoms with Gasteiger partial charge in [-0.15, -0.1) is 0 Å². The zero-order valence-electron chi connectivity index (χ0n) is 14.9. The number of ether oxygens (including phenoxy) is 1. The van der Waals surface area contributed by atoms with Crippen LogP contribution < -0.4 is 5.56 Å². The van der Waals surface area contributed by atoms with Gasteiger partial charge in [0, 0.05) is 12.2 Å². The van der Waals surface area contributed by atoms with Crippen molar-refractivity contribution in [3.8, 4) is 5.82 Å². The van der Waals surface area contributed by atoms with Gasteiger partial charge in [-0.2, -0.15) is 0 Å². The average molecular weight is 393 g/mol. The van der Waals surface area contributed by atoms with Gasteiger partial charge in [-0.25, -0.2) is 33.1 Å². The van der Waals surface area contributed by atoms with Gasteiger partial charge in [0.15, 0.2) is 16.6 Å². The topological polar surface area (TPSA) is 74.8 Å². The monoisotopic (exact) mass is 393 g/mol. The largest absolute Gasteiger partial charge is 0.374 e. The van der Waals surface area contributed by atoms with Crippen molar-refractivity contribution in [2.24, 2.45) is 0 Å². The summed E-state index contributed by atoms with van der Waals surface area (Å²) >= 11 is 1.33. The summed E-state index contributed by atoms with van der Waals surface area (Å²) in [6.45, 7) is 3.17. The van der Waals surface area contributed by atoms with Crippen LogP contribution in [0.15, 0.2) is 28.3 Å². The summed E-state index contributed by atoms with van der Waals surface area (Å²) in [6, 6.07) is 2.32. The highest BCUT2D eigenvalue weighted by Crippen LogP contribution is 2.34. The third-order valence-corrected chi connectivity index (χ3v) is 4.97. The molecule has 0 radical (unpaired) electrons. The van der Waals surface area contributed by atoms with Crippen molar-refractivity contribution in [1.29, 1.82) is 0 Å². The van der Waals surface area contributed by atoms with Crippen LogP contribution in [0.5, 0.6) is 0 Å². The molecular weight excluding hydrogens is 376 g/mol. The molecule has 1 aliphatic heterocycles. The van der Waals surface area contributed by atoms with Crippen molar-refractivity contribution in [2.75, 3.05) is 19.5 Å². The van der Waals surface area contributed by atoms with Crippen LogP contribution >= 0.6 is 11.8 Å². The number of nitrogens with zero attached hydrogens (tertiary/aromatic N) is 5. The maximum absolute atomic E-state index is 14.8. The van der Waals surface area contributed by atoms with Gasteiger partial charge in [-0.05, 0) is 32.2 Å². The molecule has 4 heterocycles. The molecule has 0 spiro atoms. The molecule has 0 amide bonds. The van der Waals surface area contributed by atoms with Gasteiger partial charge in [0.25, 0.3) is 5.56 Å². The van der Waals surface area contributed by atoms with E-state index in [1.807, 2.05) is 20.1 Å². The van der Waals surface area contributed by atoms with Crippen molar-refractivity contribution in [3.05, 3.63) is 40.2 Å². The minimum Gasteiger partial charge on any atom is -0.374 e. The van der Waals surface area contributed by atoms with Crippen LogP contribution in [-0.2, 0) is 10.4 Å². The van der Waals surface area contributed by atoms with Gasteiger partial charge in [-0.3, -0.25) is 4.79 Å². The SMILES string of the molecule is CSc1ncc2c(=O)n(C(C)C)n(-c3ccc(F)c(C4(F)COC4)n3)c2n1. The van der Waals surface area contributed by atoms with Gasteiger partial charge in [0.05, 0.1) is 13.2 Å². The summed E-state index contributed by atoms with van der Waals surface area (Å²) in [5.74, 6) is -0.541. The van der Waals surface area contributed by atoms with E-state index in [0.717, 1.165) is 6.07 Å². The molecule has 0 unspecified atom stereocenters. The summed E-state index contributed by atoms with van der Waals surface area (Å²) < 4.78 is 36.8. The van der Waals surface area contributed by atoms with Crippen LogP contribution in [0.25, 0.3) is 16.9 Å². The Hall–Kier alpha value is -2.33. The molecule has 0 bridgehead atoms. The fraction of sp³-hybridized carbons (Fsp3) is 0.412. The molecule has 3 aromatic rings. The molecule has 3 aromatic heterocycles. The van der Waals surface area contributed by atoms with Crippen molar-refractivity contribution in [2.45, 2.75) is 30.7 Å². The van der Waals surface area contributed by atoms with Crippen molar-refractivity contribution in [1.82, 2.24) is 24.3 Å². The molecule has 4 rings (SSSR count). The van der Waals surface area contributed by atoms with E-state index in [-0.39, 0.29) is 36.3 Å². The lowest BCUT2D eigenvalue weighted by atomic mass is 9.99.